The smallest absolute Gasteiger partial charge is 0.221 e. The predicted molar refractivity (Wildman–Crippen MR) is 102 cm³/mol. The van der Waals surface area contributed by atoms with E-state index in [0.717, 1.165) is 44.9 Å². The zero-order valence-corrected chi connectivity index (χ0v) is 15.8. The lowest BCUT2D eigenvalue weighted by atomic mass is 9.88. The van der Waals surface area contributed by atoms with Gasteiger partial charge in [0.15, 0.2) is 0 Å². The molecular weight excluding hydrogens is 343 g/mol. The van der Waals surface area contributed by atoms with Crippen LogP contribution in [0.4, 0.5) is 0 Å². The molecule has 0 aromatic heterocycles. The predicted octanol–water partition coefficient (Wildman–Crippen LogP) is 6.59. The topological polar surface area (TPSA) is 34.1 Å². The molecule has 1 atom stereocenters. The summed E-state index contributed by atoms with van der Waals surface area (Å²) in [6.07, 6.45) is 10.7. The normalized spacial score (nSPS) is 12.1. The summed E-state index contributed by atoms with van der Waals surface area (Å²) in [5, 5.41) is -0.461. The molecule has 0 bridgehead atoms. The maximum atomic E-state index is 10.8. The van der Waals surface area contributed by atoms with Crippen LogP contribution in [-0.4, -0.2) is 10.5 Å². The highest BCUT2D eigenvalue weighted by atomic mass is 35.5. The van der Waals surface area contributed by atoms with Crippen LogP contribution >= 0.6 is 23.2 Å². The van der Waals surface area contributed by atoms with E-state index in [9.17, 15) is 9.59 Å². The van der Waals surface area contributed by atoms with Crippen LogP contribution in [0.1, 0.15) is 82.1 Å². The summed E-state index contributed by atoms with van der Waals surface area (Å²) >= 11 is 10.7. The van der Waals surface area contributed by atoms with Crippen molar-refractivity contribution in [1.82, 2.24) is 0 Å². The Labute approximate surface area is 155 Å². The molecule has 0 saturated carbocycles. The average Bonchev–Trinajstić information content (AvgIpc) is 2.56. The third-order valence-corrected chi connectivity index (χ3v) is 4.75. The molecule has 0 fully saturated rings. The molecule has 0 spiro atoms. The molecule has 0 heterocycles. The van der Waals surface area contributed by atoms with Crippen molar-refractivity contribution in [3.05, 3.63) is 35.9 Å². The van der Waals surface area contributed by atoms with Crippen molar-refractivity contribution in [2.24, 2.45) is 0 Å². The van der Waals surface area contributed by atoms with E-state index in [1.54, 1.807) is 0 Å². The third kappa shape index (κ3) is 10.8. The van der Waals surface area contributed by atoms with Gasteiger partial charge in [-0.2, -0.15) is 0 Å². The molecule has 0 radical (unpaired) electrons. The molecule has 24 heavy (non-hydrogen) atoms. The summed E-state index contributed by atoms with van der Waals surface area (Å²) in [5.41, 5.74) is 1.40. The second-order valence-electron chi connectivity index (χ2n) is 6.37. The first-order chi connectivity index (χ1) is 11.6. The van der Waals surface area contributed by atoms with Crippen molar-refractivity contribution >= 4 is 33.7 Å². The van der Waals surface area contributed by atoms with E-state index in [0.29, 0.717) is 18.8 Å². The van der Waals surface area contributed by atoms with E-state index in [1.165, 1.54) is 18.4 Å². The minimum Gasteiger partial charge on any atom is -0.281 e. The molecule has 1 rings (SSSR count). The second kappa shape index (κ2) is 13.4. The Morgan fingerprint density at radius 3 is 1.67 bits per heavy atom. The van der Waals surface area contributed by atoms with Crippen molar-refractivity contribution in [3.8, 4) is 0 Å². The molecule has 1 aromatic carbocycles. The molecule has 0 aliphatic heterocycles. The van der Waals surface area contributed by atoms with Gasteiger partial charge in [-0.3, -0.25) is 9.59 Å². The molecule has 4 heteroatoms. The Morgan fingerprint density at radius 1 is 0.708 bits per heavy atom. The van der Waals surface area contributed by atoms with Gasteiger partial charge in [-0.1, -0.05) is 62.4 Å². The lowest BCUT2D eigenvalue weighted by molar-refractivity contribution is -0.112. The molecular formula is C20H28Cl2O2. The first-order valence-electron chi connectivity index (χ1n) is 9.01. The fraction of sp³-hybridized carbons (Fsp3) is 0.600. The van der Waals surface area contributed by atoms with Crippen molar-refractivity contribution in [2.75, 3.05) is 0 Å². The lowest BCUT2D eigenvalue weighted by Crippen LogP contribution is -2.00. The van der Waals surface area contributed by atoms with Crippen LogP contribution in [0.3, 0.4) is 0 Å². The average molecular weight is 371 g/mol. The summed E-state index contributed by atoms with van der Waals surface area (Å²) < 4.78 is 0. The lowest BCUT2D eigenvalue weighted by Gasteiger charge is -2.17. The van der Waals surface area contributed by atoms with Gasteiger partial charge in [0.1, 0.15) is 0 Å². The number of hydrogen-bond donors (Lipinski definition) is 0. The number of rotatable bonds is 14. The van der Waals surface area contributed by atoms with Crippen LogP contribution in [0.5, 0.6) is 0 Å². The van der Waals surface area contributed by atoms with Crippen molar-refractivity contribution < 1.29 is 9.59 Å². The van der Waals surface area contributed by atoms with Crippen molar-refractivity contribution in [2.45, 2.75) is 76.5 Å². The quantitative estimate of drug-likeness (QED) is 0.273. The SMILES string of the molecule is O=C(Cl)CCCCCCC(CCCCCC(=O)Cl)c1ccccc1. The third-order valence-electron chi connectivity index (χ3n) is 4.37. The van der Waals surface area contributed by atoms with E-state index in [2.05, 4.69) is 30.3 Å². The van der Waals surface area contributed by atoms with Crippen LogP contribution in [0, 0.1) is 0 Å². The molecule has 0 aliphatic rings. The van der Waals surface area contributed by atoms with Gasteiger partial charge in [0, 0.05) is 12.8 Å². The summed E-state index contributed by atoms with van der Waals surface area (Å²) in [6, 6.07) is 10.7. The van der Waals surface area contributed by atoms with Crippen LogP contribution in [-0.2, 0) is 9.59 Å². The van der Waals surface area contributed by atoms with E-state index in [4.69, 9.17) is 23.2 Å². The standard InChI is InChI=1S/C20H28Cl2O2/c21-19(23)15-9-2-1-5-11-17(18-12-6-3-7-13-18)14-8-4-10-16-20(22)24/h3,6-7,12-13,17H,1-2,4-5,8-11,14-16H2. The number of carbonyl (C=O) groups is 2. The van der Waals surface area contributed by atoms with Gasteiger partial charge in [-0.15, -0.1) is 0 Å². The zero-order valence-electron chi connectivity index (χ0n) is 14.3. The van der Waals surface area contributed by atoms with Crippen LogP contribution in [0.15, 0.2) is 30.3 Å². The second-order valence-corrected chi connectivity index (χ2v) is 7.21. The number of unbranched alkanes of at least 4 members (excludes halogenated alkanes) is 5. The van der Waals surface area contributed by atoms with Gasteiger partial charge in [-0.05, 0) is 60.4 Å². The van der Waals surface area contributed by atoms with E-state index >= 15 is 0 Å². The van der Waals surface area contributed by atoms with Crippen LogP contribution < -0.4 is 0 Å². The number of hydrogen-bond acceptors (Lipinski definition) is 2. The molecule has 0 saturated heterocycles. The van der Waals surface area contributed by atoms with Gasteiger partial charge in [-0.25, -0.2) is 0 Å². The first-order valence-corrected chi connectivity index (χ1v) is 9.77. The fourth-order valence-corrected chi connectivity index (χ4v) is 3.31. The van der Waals surface area contributed by atoms with Gasteiger partial charge in [0.2, 0.25) is 10.5 Å². The molecule has 0 amide bonds. The Kier molecular flexibility index (Phi) is 11.9. The van der Waals surface area contributed by atoms with E-state index in [-0.39, 0.29) is 10.5 Å². The highest BCUT2D eigenvalue weighted by Crippen LogP contribution is 2.28. The van der Waals surface area contributed by atoms with Gasteiger partial charge in [0.25, 0.3) is 0 Å². The Morgan fingerprint density at radius 2 is 1.17 bits per heavy atom. The Hall–Kier alpha value is -0.860. The number of carbonyl (C=O) groups excluding carboxylic acids is 2. The number of halogens is 2. The molecule has 0 aliphatic carbocycles. The maximum absolute atomic E-state index is 10.8. The number of benzene rings is 1. The molecule has 2 nitrogen and oxygen atoms in total. The van der Waals surface area contributed by atoms with Crippen LogP contribution in [0.25, 0.3) is 0 Å². The summed E-state index contributed by atoms with van der Waals surface area (Å²) in [5.74, 6) is 0.576. The first kappa shape index (κ1) is 21.2. The zero-order chi connectivity index (χ0) is 17.6. The Bertz CT molecular complexity index is 474. The summed E-state index contributed by atoms with van der Waals surface area (Å²) in [7, 11) is 0. The minimum absolute atomic E-state index is 0.229. The molecule has 0 N–H and O–H groups in total. The summed E-state index contributed by atoms with van der Waals surface area (Å²) in [4.78, 5) is 21.5. The molecule has 134 valence electrons. The van der Waals surface area contributed by atoms with Crippen LogP contribution in [0.2, 0.25) is 0 Å². The van der Waals surface area contributed by atoms with Gasteiger partial charge in [0.05, 0.1) is 0 Å². The van der Waals surface area contributed by atoms with E-state index in [1.807, 2.05) is 0 Å². The maximum Gasteiger partial charge on any atom is 0.221 e. The van der Waals surface area contributed by atoms with Gasteiger partial charge < -0.3 is 0 Å². The Balaban J connectivity index is 2.31. The molecule has 1 unspecified atom stereocenters. The highest BCUT2D eigenvalue weighted by Gasteiger charge is 2.11. The molecule has 1 aromatic rings. The van der Waals surface area contributed by atoms with E-state index < -0.39 is 0 Å². The van der Waals surface area contributed by atoms with Crippen molar-refractivity contribution in [3.63, 3.8) is 0 Å². The minimum atomic E-state index is -0.231. The largest absolute Gasteiger partial charge is 0.281 e. The van der Waals surface area contributed by atoms with Gasteiger partial charge >= 0.3 is 0 Å². The highest BCUT2D eigenvalue weighted by molar-refractivity contribution is 6.63. The summed E-state index contributed by atoms with van der Waals surface area (Å²) in [6.45, 7) is 0. The fourth-order valence-electron chi connectivity index (χ4n) is 3.04. The monoisotopic (exact) mass is 370 g/mol. The van der Waals surface area contributed by atoms with Crippen molar-refractivity contribution in [1.29, 1.82) is 0 Å².